The van der Waals surface area contributed by atoms with Crippen molar-refractivity contribution in [1.29, 1.82) is 0 Å². The Morgan fingerprint density at radius 3 is 2.65 bits per heavy atom. The summed E-state index contributed by atoms with van der Waals surface area (Å²) in [7, 11) is 0. The molecule has 3 rings (SSSR count). The van der Waals surface area contributed by atoms with E-state index in [1.54, 1.807) is 23.6 Å². The molecule has 1 aliphatic heterocycles. The SMILES string of the molecule is CCCN(C(=O)c1csc(-c2ccccc2F)n1)C1CCNCC1.Cl.Cl. The minimum Gasteiger partial charge on any atom is -0.334 e. The standard InChI is InChI=1S/C18H22FN3OS.2ClH/c1-2-11-22(13-7-9-20-10-8-13)18(23)16-12-24-17(21-16)14-5-3-4-6-15(14)19;;/h3-6,12-13,20H,2,7-11H2,1H3;2*1H. The average Bonchev–Trinajstić information content (AvgIpc) is 3.10. The van der Waals surface area contributed by atoms with Gasteiger partial charge in [0, 0.05) is 23.5 Å². The summed E-state index contributed by atoms with van der Waals surface area (Å²) < 4.78 is 13.9. The van der Waals surface area contributed by atoms with Gasteiger partial charge >= 0.3 is 0 Å². The summed E-state index contributed by atoms with van der Waals surface area (Å²) in [6.07, 6.45) is 2.85. The Balaban J connectivity index is 0.00000169. The van der Waals surface area contributed by atoms with Crippen LogP contribution in [0.5, 0.6) is 0 Å². The van der Waals surface area contributed by atoms with Gasteiger partial charge in [0.1, 0.15) is 16.5 Å². The van der Waals surface area contributed by atoms with E-state index in [2.05, 4.69) is 17.2 Å². The number of halogens is 3. The van der Waals surface area contributed by atoms with Gasteiger partial charge in [-0.1, -0.05) is 19.1 Å². The zero-order valence-electron chi connectivity index (χ0n) is 14.6. The van der Waals surface area contributed by atoms with Gasteiger partial charge in [0.15, 0.2) is 0 Å². The van der Waals surface area contributed by atoms with E-state index in [1.165, 1.54) is 17.4 Å². The van der Waals surface area contributed by atoms with Crippen LogP contribution in [0.3, 0.4) is 0 Å². The minimum absolute atomic E-state index is 0. The van der Waals surface area contributed by atoms with Crippen molar-refractivity contribution in [2.45, 2.75) is 32.2 Å². The number of thiazole rings is 1. The molecule has 0 radical (unpaired) electrons. The number of aromatic nitrogens is 1. The normalized spacial score (nSPS) is 14.2. The van der Waals surface area contributed by atoms with Gasteiger partial charge in [-0.05, 0) is 44.5 Å². The molecule has 1 aromatic heterocycles. The first kappa shape index (κ1) is 22.8. The van der Waals surface area contributed by atoms with Crippen LogP contribution in [0, 0.1) is 5.82 Å². The number of amides is 1. The summed E-state index contributed by atoms with van der Waals surface area (Å²) in [6.45, 7) is 4.69. The Labute approximate surface area is 170 Å². The molecule has 2 heterocycles. The van der Waals surface area contributed by atoms with E-state index in [9.17, 15) is 9.18 Å². The highest BCUT2D eigenvalue weighted by atomic mass is 35.5. The molecule has 0 unspecified atom stereocenters. The van der Waals surface area contributed by atoms with Crippen molar-refractivity contribution < 1.29 is 9.18 Å². The van der Waals surface area contributed by atoms with Gasteiger partial charge in [-0.15, -0.1) is 36.2 Å². The fraction of sp³-hybridized carbons (Fsp3) is 0.444. The lowest BCUT2D eigenvalue weighted by Gasteiger charge is -2.34. The number of carbonyl (C=O) groups excluding carboxylic acids is 1. The molecule has 1 amide bonds. The van der Waals surface area contributed by atoms with E-state index in [4.69, 9.17) is 0 Å². The molecule has 2 aromatic rings. The maximum absolute atomic E-state index is 13.9. The Kier molecular flexibility index (Phi) is 9.50. The number of nitrogens with one attached hydrogen (secondary N) is 1. The van der Waals surface area contributed by atoms with Crippen LogP contribution in [-0.2, 0) is 0 Å². The molecule has 0 aliphatic carbocycles. The van der Waals surface area contributed by atoms with Crippen molar-refractivity contribution in [2.24, 2.45) is 0 Å². The first-order valence-corrected chi connectivity index (χ1v) is 9.30. The van der Waals surface area contributed by atoms with Crippen LogP contribution in [0.1, 0.15) is 36.7 Å². The van der Waals surface area contributed by atoms with Crippen LogP contribution in [0.4, 0.5) is 4.39 Å². The number of benzene rings is 1. The smallest absolute Gasteiger partial charge is 0.273 e. The van der Waals surface area contributed by atoms with E-state index in [-0.39, 0.29) is 42.6 Å². The van der Waals surface area contributed by atoms with Crippen LogP contribution >= 0.6 is 36.2 Å². The number of hydrogen-bond acceptors (Lipinski definition) is 4. The van der Waals surface area contributed by atoms with Crippen LogP contribution in [-0.4, -0.2) is 41.5 Å². The Bertz CT molecular complexity index is 707. The van der Waals surface area contributed by atoms with Crippen molar-refractivity contribution in [1.82, 2.24) is 15.2 Å². The third kappa shape index (κ3) is 5.16. The summed E-state index contributed by atoms with van der Waals surface area (Å²) in [6, 6.07) is 6.80. The number of nitrogens with zero attached hydrogens (tertiary/aromatic N) is 2. The summed E-state index contributed by atoms with van der Waals surface area (Å²) in [4.78, 5) is 19.3. The van der Waals surface area contributed by atoms with Crippen LogP contribution in [0.25, 0.3) is 10.6 Å². The minimum atomic E-state index is -0.311. The molecule has 0 atom stereocenters. The Hall–Kier alpha value is -1.21. The second-order valence-corrected chi connectivity index (χ2v) is 6.86. The monoisotopic (exact) mass is 419 g/mol. The second kappa shape index (κ2) is 10.8. The summed E-state index contributed by atoms with van der Waals surface area (Å²) >= 11 is 1.32. The third-order valence-electron chi connectivity index (χ3n) is 4.30. The number of piperidine rings is 1. The van der Waals surface area contributed by atoms with Crippen molar-refractivity contribution in [3.8, 4) is 10.6 Å². The summed E-state index contributed by atoms with van der Waals surface area (Å²) in [5.41, 5.74) is 0.871. The molecular weight excluding hydrogens is 396 g/mol. The van der Waals surface area contributed by atoms with E-state index < -0.39 is 0 Å². The number of rotatable bonds is 5. The zero-order chi connectivity index (χ0) is 16.9. The lowest BCUT2D eigenvalue weighted by molar-refractivity contribution is 0.0637. The predicted molar refractivity (Wildman–Crippen MR) is 109 cm³/mol. The molecule has 1 aliphatic rings. The molecule has 1 N–H and O–H groups in total. The van der Waals surface area contributed by atoms with E-state index in [1.807, 2.05) is 4.90 Å². The lowest BCUT2D eigenvalue weighted by atomic mass is 10.0. The van der Waals surface area contributed by atoms with Gasteiger partial charge in [-0.2, -0.15) is 0 Å². The van der Waals surface area contributed by atoms with Crippen LogP contribution in [0.15, 0.2) is 29.6 Å². The summed E-state index contributed by atoms with van der Waals surface area (Å²) in [5, 5.41) is 5.63. The van der Waals surface area contributed by atoms with E-state index >= 15 is 0 Å². The van der Waals surface area contributed by atoms with Crippen LogP contribution in [0.2, 0.25) is 0 Å². The number of hydrogen-bond donors (Lipinski definition) is 1. The van der Waals surface area contributed by atoms with Gasteiger partial charge in [0.25, 0.3) is 5.91 Å². The van der Waals surface area contributed by atoms with Crippen molar-refractivity contribution >= 4 is 42.1 Å². The average molecular weight is 420 g/mol. The Morgan fingerprint density at radius 2 is 2.00 bits per heavy atom. The molecule has 1 aromatic carbocycles. The molecule has 1 saturated heterocycles. The quantitative estimate of drug-likeness (QED) is 0.780. The molecule has 1 fully saturated rings. The largest absolute Gasteiger partial charge is 0.334 e. The topological polar surface area (TPSA) is 45.2 Å². The zero-order valence-corrected chi connectivity index (χ0v) is 17.1. The highest BCUT2D eigenvalue weighted by Crippen LogP contribution is 2.27. The first-order chi connectivity index (χ1) is 11.7. The summed E-state index contributed by atoms with van der Waals surface area (Å²) in [5.74, 6) is -0.350. The van der Waals surface area contributed by atoms with Gasteiger partial charge in [0.05, 0.1) is 0 Å². The van der Waals surface area contributed by atoms with E-state index in [0.29, 0.717) is 16.3 Å². The van der Waals surface area contributed by atoms with E-state index in [0.717, 1.165) is 38.9 Å². The maximum atomic E-state index is 13.9. The highest BCUT2D eigenvalue weighted by Gasteiger charge is 2.27. The van der Waals surface area contributed by atoms with Crippen LogP contribution < -0.4 is 5.32 Å². The van der Waals surface area contributed by atoms with Crippen molar-refractivity contribution in [3.63, 3.8) is 0 Å². The molecule has 26 heavy (non-hydrogen) atoms. The lowest BCUT2D eigenvalue weighted by Crippen LogP contribution is -2.46. The maximum Gasteiger partial charge on any atom is 0.273 e. The molecule has 144 valence electrons. The van der Waals surface area contributed by atoms with Crippen molar-refractivity contribution in [3.05, 3.63) is 41.2 Å². The first-order valence-electron chi connectivity index (χ1n) is 8.42. The van der Waals surface area contributed by atoms with Gasteiger partial charge in [-0.3, -0.25) is 4.79 Å². The molecule has 0 saturated carbocycles. The fourth-order valence-corrected chi connectivity index (χ4v) is 3.91. The third-order valence-corrected chi connectivity index (χ3v) is 5.18. The molecule has 0 bridgehead atoms. The predicted octanol–water partition coefficient (Wildman–Crippen LogP) is 4.40. The fourth-order valence-electron chi connectivity index (χ4n) is 3.09. The van der Waals surface area contributed by atoms with Gasteiger partial charge in [-0.25, -0.2) is 9.37 Å². The Morgan fingerprint density at radius 1 is 1.31 bits per heavy atom. The molecule has 4 nitrogen and oxygen atoms in total. The van der Waals surface area contributed by atoms with Crippen molar-refractivity contribution in [2.75, 3.05) is 19.6 Å². The highest BCUT2D eigenvalue weighted by molar-refractivity contribution is 7.13. The number of carbonyl (C=O) groups is 1. The van der Waals surface area contributed by atoms with Gasteiger partial charge < -0.3 is 10.2 Å². The molecular formula is C18H24Cl2FN3OS. The van der Waals surface area contributed by atoms with Gasteiger partial charge in [0.2, 0.25) is 0 Å². The molecule has 0 spiro atoms. The second-order valence-electron chi connectivity index (χ2n) is 6.00. The molecule has 8 heteroatoms.